The Labute approximate surface area is 231 Å². The van der Waals surface area contributed by atoms with Crippen LogP contribution in [0.3, 0.4) is 0 Å². The van der Waals surface area contributed by atoms with Crippen molar-refractivity contribution in [1.82, 2.24) is 4.90 Å². The first-order valence-corrected chi connectivity index (χ1v) is 13.0. The normalized spacial score (nSPS) is 26.0. The quantitative estimate of drug-likeness (QED) is 0.360. The third-order valence-corrected chi connectivity index (χ3v) is 8.54. The molecule has 6 N–H and O–H groups in total. The van der Waals surface area contributed by atoms with E-state index in [1.807, 2.05) is 56.3 Å². The van der Waals surface area contributed by atoms with Gasteiger partial charge in [-0.15, -0.1) is 0 Å². The smallest absolute Gasteiger partial charge is 0.255 e. The highest BCUT2D eigenvalue weighted by Gasteiger charge is 2.64. The highest BCUT2D eigenvalue weighted by molar-refractivity contribution is 6.24. The van der Waals surface area contributed by atoms with Crippen molar-refractivity contribution in [2.75, 3.05) is 33.1 Å². The van der Waals surface area contributed by atoms with Crippen molar-refractivity contribution in [3.63, 3.8) is 0 Å². The summed E-state index contributed by atoms with van der Waals surface area (Å²) in [6, 6.07) is 8.20. The lowest BCUT2D eigenvalue weighted by molar-refractivity contribution is -0.153. The zero-order chi connectivity index (χ0) is 29.4. The van der Waals surface area contributed by atoms with Gasteiger partial charge in [-0.2, -0.15) is 0 Å². The summed E-state index contributed by atoms with van der Waals surface area (Å²) in [5, 5.41) is 45.9. The number of carbonyl (C=O) groups excluding carboxylic acids is 3. The number of aryl methyl sites for hydroxylation is 1. The number of carbonyl (C=O) groups is 3. The first kappa shape index (κ1) is 27.4. The Morgan fingerprint density at radius 1 is 1.05 bits per heavy atom. The third-order valence-electron chi connectivity index (χ3n) is 8.54. The molecule has 210 valence electrons. The molecule has 40 heavy (non-hydrogen) atoms. The Morgan fingerprint density at radius 2 is 1.68 bits per heavy atom. The molecule has 0 bridgehead atoms. The van der Waals surface area contributed by atoms with E-state index in [4.69, 9.17) is 5.73 Å². The second kappa shape index (κ2) is 9.21. The van der Waals surface area contributed by atoms with Crippen LogP contribution in [0.1, 0.15) is 23.1 Å². The number of aliphatic hydroxyl groups excluding tert-OH is 2. The van der Waals surface area contributed by atoms with Crippen LogP contribution < -0.4 is 10.6 Å². The van der Waals surface area contributed by atoms with Gasteiger partial charge in [0.05, 0.1) is 11.6 Å². The number of phenolic OH excluding ortho intramolecular Hbond substituents is 1. The van der Waals surface area contributed by atoms with Crippen molar-refractivity contribution in [3.05, 3.63) is 63.9 Å². The SMILES string of the molecule is Cc1ccc(-c2cc(N(C)C)c3c(c2O)C(O)=C2C(=O)[C@@]4(O)C(O)=C(C(N)=O)C(=O)[C@H](N(C)C)[C@H]4C[C@H]2C3)cc1. The maximum absolute atomic E-state index is 14.1. The molecule has 0 aliphatic heterocycles. The highest BCUT2D eigenvalue weighted by Crippen LogP contribution is 2.54. The predicted octanol–water partition coefficient (Wildman–Crippen LogP) is 2.01. The van der Waals surface area contributed by atoms with Crippen molar-refractivity contribution in [1.29, 1.82) is 0 Å². The molecular formula is C30H33N3O7. The van der Waals surface area contributed by atoms with Gasteiger partial charge in [-0.05, 0) is 57.0 Å². The average Bonchev–Trinajstić information content (AvgIpc) is 2.86. The summed E-state index contributed by atoms with van der Waals surface area (Å²) in [6.45, 7) is 1.94. The number of phenols is 1. The second-order valence-corrected chi connectivity index (χ2v) is 11.4. The molecule has 0 unspecified atom stereocenters. The molecule has 0 saturated heterocycles. The average molecular weight is 548 g/mol. The minimum Gasteiger partial charge on any atom is -0.508 e. The summed E-state index contributed by atoms with van der Waals surface area (Å²) >= 11 is 0. The highest BCUT2D eigenvalue weighted by atomic mass is 16.3. The number of amides is 1. The number of aliphatic hydroxyl groups is 3. The lowest BCUT2D eigenvalue weighted by atomic mass is 9.57. The molecule has 5 rings (SSSR count). The van der Waals surface area contributed by atoms with Gasteiger partial charge in [-0.1, -0.05) is 29.8 Å². The number of anilines is 1. The fourth-order valence-corrected chi connectivity index (χ4v) is 6.64. The molecule has 10 heteroatoms. The topological polar surface area (TPSA) is 165 Å². The van der Waals surface area contributed by atoms with Crippen LogP contribution >= 0.6 is 0 Å². The van der Waals surface area contributed by atoms with Gasteiger partial charge in [0, 0.05) is 36.8 Å². The lowest BCUT2D eigenvalue weighted by Gasteiger charge is -2.50. The van der Waals surface area contributed by atoms with Crippen molar-refractivity contribution in [2.24, 2.45) is 17.6 Å². The number of nitrogens with two attached hydrogens (primary N) is 1. The van der Waals surface area contributed by atoms with Gasteiger partial charge in [0.15, 0.2) is 11.4 Å². The van der Waals surface area contributed by atoms with E-state index in [0.29, 0.717) is 16.7 Å². The number of fused-ring (bicyclic) bond motifs is 3. The molecule has 2 aromatic carbocycles. The minimum atomic E-state index is -2.67. The third kappa shape index (κ3) is 3.66. The van der Waals surface area contributed by atoms with Gasteiger partial charge >= 0.3 is 0 Å². The van der Waals surface area contributed by atoms with Crippen LogP contribution in [0.25, 0.3) is 16.9 Å². The zero-order valence-electron chi connectivity index (χ0n) is 23.0. The molecule has 4 atom stereocenters. The van der Waals surface area contributed by atoms with Crippen LogP contribution in [-0.2, 0) is 20.8 Å². The van der Waals surface area contributed by atoms with E-state index in [0.717, 1.165) is 11.3 Å². The lowest BCUT2D eigenvalue weighted by Crippen LogP contribution is -2.65. The molecule has 3 aliphatic carbocycles. The molecule has 0 radical (unpaired) electrons. The number of hydrogen-bond acceptors (Lipinski definition) is 9. The summed E-state index contributed by atoms with van der Waals surface area (Å²) in [4.78, 5) is 42.8. The summed E-state index contributed by atoms with van der Waals surface area (Å²) in [5.74, 6) is -6.65. The molecule has 0 heterocycles. The fraction of sp³-hybridized carbons (Fsp3) is 0.367. The second-order valence-electron chi connectivity index (χ2n) is 11.4. The number of likely N-dealkylation sites (N-methyl/N-ethyl adjacent to an activating group) is 1. The van der Waals surface area contributed by atoms with Crippen molar-refractivity contribution in [2.45, 2.75) is 31.4 Å². The number of benzene rings is 2. The summed E-state index contributed by atoms with van der Waals surface area (Å²) < 4.78 is 0. The van der Waals surface area contributed by atoms with E-state index in [2.05, 4.69) is 0 Å². The molecule has 3 aliphatic rings. The van der Waals surface area contributed by atoms with Crippen molar-refractivity contribution in [3.8, 4) is 16.9 Å². The number of hydrogen-bond donors (Lipinski definition) is 5. The summed E-state index contributed by atoms with van der Waals surface area (Å²) in [6.07, 6.45) is 0.267. The summed E-state index contributed by atoms with van der Waals surface area (Å²) in [7, 11) is 6.82. The maximum atomic E-state index is 14.1. The van der Waals surface area contributed by atoms with Gasteiger partial charge in [0.1, 0.15) is 22.8 Å². The number of Topliss-reactive ketones (excluding diaryl/α,β-unsaturated/α-hetero) is 2. The number of rotatable bonds is 4. The number of primary amides is 1. The molecule has 0 spiro atoms. The Balaban J connectivity index is 1.77. The predicted molar refractivity (Wildman–Crippen MR) is 149 cm³/mol. The molecule has 1 fully saturated rings. The van der Waals surface area contributed by atoms with Gasteiger partial charge in [-0.25, -0.2) is 0 Å². The summed E-state index contributed by atoms with van der Waals surface area (Å²) in [5.41, 5.74) is 5.30. The van der Waals surface area contributed by atoms with Crippen LogP contribution in [0.2, 0.25) is 0 Å². The molecule has 0 aromatic heterocycles. The van der Waals surface area contributed by atoms with E-state index in [9.17, 15) is 34.8 Å². The van der Waals surface area contributed by atoms with Crippen LogP contribution in [0.4, 0.5) is 5.69 Å². The molecule has 10 nitrogen and oxygen atoms in total. The maximum Gasteiger partial charge on any atom is 0.255 e. The zero-order valence-corrected chi connectivity index (χ0v) is 23.0. The van der Waals surface area contributed by atoms with E-state index < -0.39 is 58.0 Å². The van der Waals surface area contributed by atoms with Gasteiger partial charge in [0.25, 0.3) is 5.91 Å². The van der Waals surface area contributed by atoms with Gasteiger partial charge in [0.2, 0.25) is 5.78 Å². The van der Waals surface area contributed by atoms with Crippen LogP contribution in [0.15, 0.2) is 47.2 Å². The largest absolute Gasteiger partial charge is 0.508 e. The number of aromatic hydroxyl groups is 1. The minimum absolute atomic E-state index is 0.0408. The van der Waals surface area contributed by atoms with E-state index in [1.165, 1.54) is 4.90 Å². The Hall–Kier alpha value is -4.15. The van der Waals surface area contributed by atoms with Crippen molar-refractivity contribution < 1.29 is 34.8 Å². The van der Waals surface area contributed by atoms with E-state index in [-0.39, 0.29) is 29.7 Å². The van der Waals surface area contributed by atoms with Crippen LogP contribution in [0.5, 0.6) is 5.75 Å². The monoisotopic (exact) mass is 547 g/mol. The Morgan fingerprint density at radius 3 is 2.23 bits per heavy atom. The number of nitrogens with zero attached hydrogens (tertiary/aromatic N) is 2. The Bertz CT molecular complexity index is 1540. The molecule has 1 amide bonds. The molecular weight excluding hydrogens is 514 g/mol. The van der Waals surface area contributed by atoms with Gasteiger partial charge < -0.3 is 31.1 Å². The molecule has 2 aromatic rings. The fourth-order valence-electron chi connectivity index (χ4n) is 6.64. The first-order chi connectivity index (χ1) is 18.7. The van der Waals surface area contributed by atoms with Gasteiger partial charge in [-0.3, -0.25) is 19.3 Å². The molecule has 1 saturated carbocycles. The standard InChI is InChI=1S/C30H33N3O7/c1-13-6-8-14(9-7-13)16-12-19(32(2)3)17-10-15-11-18-23(33(4)5)26(36)22(29(31)39)28(38)30(18,40)27(37)20(15)25(35)21(17)24(16)34/h6-9,12,15,18,23,34-35,38,40H,10-11H2,1-5H3,(H2,31,39)/t15-,18-,23-,30-/m1/s1. The van der Waals surface area contributed by atoms with Crippen LogP contribution in [0, 0.1) is 18.8 Å². The first-order valence-electron chi connectivity index (χ1n) is 13.0. The Kier molecular flexibility index (Phi) is 6.31. The van der Waals surface area contributed by atoms with Crippen molar-refractivity contribution >= 4 is 28.9 Å². The van der Waals surface area contributed by atoms with Crippen LogP contribution in [-0.4, -0.2) is 82.6 Å². The number of ketones is 2. The van der Waals surface area contributed by atoms with E-state index in [1.54, 1.807) is 14.1 Å². The van der Waals surface area contributed by atoms with E-state index >= 15 is 0 Å².